The average Bonchev–Trinajstić information content (AvgIpc) is 2.83. The van der Waals surface area contributed by atoms with E-state index in [1.165, 1.54) is 60.8 Å². The summed E-state index contributed by atoms with van der Waals surface area (Å²) < 4.78 is 15.3. The largest absolute Gasteiger partial charge is 0.493 e. The van der Waals surface area contributed by atoms with Crippen molar-refractivity contribution in [2.45, 2.75) is 156 Å². The van der Waals surface area contributed by atoms with Crippen molar-refractivity contribution in [2.24, 2.45) is 0 Å². The molecule has 0 atom stereocenters. The van der Waals surface area contributed by atoms with Gasteiger partial charge in [0.05, 0.1) is 13.2 Å². The summed E-state index contributed by atoms with van der Waals surface area (Å²) in [5.74, 6) is 2.18. The summed E-state index contributed by atoms with van der Waals surface area (Å²) in [5, 5.41) is 0. The second-order valence-corrected chi connectivity index (χ2v) is 18.0. The highest BCUT2D eigenvalue weighted by molar-refractivity contribution is 9.10. The molecule has 0 saturated carbocycles. The molecule has 2 rings (SSSR count). The zero-order valence-electron chi connectivity index (χ0n) is 29.0. The molecule has 4 heteroatoms. The van der Waals surface area contributed by atoms with Crippen molar-refractivity contribution in [3.63, 3.8) is 0 Å². The lowest BCUT2D eigenvalue weighted by Crippen LogP contribution is -2.20. The van der Waals surface area contributed by atoms with Gasteiger partial charge in [0.1, 0.15) is 11.5 Å². The van der Waals surface area contributed by atoms with E-state index in [0.29, 0.717) is 0 Å². The molecule has 0 aliphatic carbocycles. The van der Waals surface area contributed by atoms with Crippen molar-refractivity contribution in [3.8, 4) is 11.5 Å². The molecule has 42 heavy (non-hydrogen) atoms. The third-order valence-electron chi connectivity index (χ3n) is 7.87. The Bertz CT molecular complexity index is 976. The fraction of sp³-hybridized carbons (Fsp3) is 0.684. The number of ether oxygens (including phenoxy) is 2. The van der Waals surface area contributed by atoms with Gasteiger partial charge in [-0.25, -0.2) is 0 Å². The number of rotatable bonds is 13. The van der Waals surface area contributed by atoms with Crippen molar-refractivity contribution < 1.29 is 9.47 Å². The number of unbranched alkanes of at least 4 members (excludes halogenated alkanes) is 7. The minimum atomic E-state index is 0.0339. The van der Waals surface area contributed by atoms with Crippen LogP contribution in [0.2, 0.25) is 0 Å². The lowest BCUT2D eigenvalue weighted by Gasteiger charge is -2.30. The number of halogens is 2. The van der Waals surface area contributed by atoms with Crippen molar-refractivity contribution in [3.05, 3.63) is 55.5 Å². The molecular formula is C38H60Br2O2. The molecule has 0 fully saturated rings. The minimum Gasteiger partial charge on any atom is -0.493 e. The highest BCUT2D eigenvalue weighted by Crippen LogP contribution is 2.43. The maximum atomic E-state index is 6.51. The monoisotopic (exact) mass is 706 g/mol. The molecule has 0 aromatic heterocycles. The van der Waals surface area contributed by atoms with Gasteiger partial charge in [0, 0.05) is 31.2 Å². The Balaban J connectivity index is 1.76. The Labute approximate surface area is 276 Å². The summed E-state index contributed by atoms with van der Waals surface area (Å²) in [6, 6.07) is 8.95. The molecule has 2 nitrogen and oxygen atoms in total. The Kier molecular flexibility index (Phi) is 13.6. The first-order valence-corrected chi connectivity index (χ1v) is 17.8. The van der Waals surface area contributed by atoms with E-state index in [1.54, 1.807) is 0 Å². The van der Waals surface area contributed by atoms with Crippen LogP contribution in [0.3, 0.4) is 0 Å². The Morgan fingerprint density at radius 3 is 0.833 bits per heavy atom. The summed E-state index contributed by atoms with van der Waals surface area (Å²) >= 11 is 7.47. The zero-order valence-corrected chi connectivity index (χ0v) is 32.1. The predicted molar refractivity (Wildman–Crippen MR) is 191 cm³/mol. The standard InChI is InChI=1S/C38H60Br2O2/c1-35(2,3)29-23-27(39)24-30(36(4,5)6)33(29)41-21-19-17-15-13-14-16-18-20-22-42-34-31(37(7,8)9)25-28(40)26-32(34)38(10,11)12/h23-26H,13-22H2,1-12H3. The van der Waals surface area contributed by atoms with Gasteiger partial charge < -0.3 is 9.47 Å². The molecule has 238 valence electrons. The Morgan fingerprint density at radius 1 is 0.405 bits per heavy atom. The third kappa shape index (κ3) is 11.5. The SMILES string of the molecule is CC(C)(C)c1cc(Br)cc(C(C)(C)C)c1OCCCCCCCCCCOc1c(C(C)(C)C)cc(Br)cc1C(C)(C)C. The van der Waals surface area contributed by atoms with E-state index >= 15 is 0 Å². The van der Waals surface area contributed by atoms with E-state index in [1.807, 2.05) is 0 Å². The van der Waals surface area contributed by atoms with Gasteiger partial charge in [-0.05, 0) is 58.8 Å². The van der Waals surface area contributed by atoms with E-state index in [9.17, 15) is 0 Å². The molecule has 0 spiro atoms. The topological polar surface area (TPSA) is 18.5 Å². The van der Waals surface area contributed by atoms with Crippen molar-refractivity contribution in [1.29, 1.82) is 0 Å². The van der Waals surface area contributed by atoms with Crippen LogP contribution >= 0.6 is 31.9 Å². The van der Waals surface area contributed by atoms with Crippen molar-refractivity contribution >= 4 is 31.9 Å². The summed E-state index contributed by atoms with van der Waals surface area (Å²) in [4.78, 5) is 0. The van der Waals surface area contributed by atoms with Crippen LogP contribution in [0, 0.1) is 0 Å². The first kappa shape index (κ1) is 37.2. The van der Waals surface area contributed by atoms with Crippen LogP contribution in [0.5, 0.6) is 11.5 Å². The Hall–Kier alpha value is -1.000. The normalized spacial score (nSPS) is 13.0. The van der Waals surface area contributed by atoms with Crippen LogP contribution < -0.4 is 9.47 Å². The third-order valence-corrected chi connectivity index (χ3v) is 8.79. The van der Waals surface area contributed by atoms with E-state index in [-0.39, 0.29) is 21.7 Å². The summed E-state index contributed by atoms with van der Waals surface area (Å²) in [6.45, 7) is 28.8. The summed E-state index contributed by atoms with van der Waals surface area (Å²) in [6.07, 6.45) is 9.83. The number of hydrogen-bond donors (Lipinski definition) is 0. The predicted octanol–water partition coefficient (Wildman–Crippen LogP) is 13.0. The highest BCUT2D eigenvalue weighted by atomic mass is 79.9. The Morgan fingerprint density at radius 2 is 0.619 bits per heavy atom. The summed E-state index contributed by atoms with van der Waals surface area (Å²) in [7, 11) is 0. The van der Waals surface area contributed by atoms with Crippen LogP contribution in [0.15, 0.2) is 33.2 Å². The van der Waals surface area contributed by atoms with Crippen molar-refractivity contribution in [2.75, 3.05) is 13.2 Å². The van der Waals surface area contributed by atoms with Crippen LogP contribution in [0.1, 0.15) is 157 Å². The van der Waals surface area contributed by atoms with E-state index in [0.717, 1.165) is 46.5 Å². The van der Waals surface area contributed by atoms with E-state index in [4.69, 9.17) is 9.47 Å². The first-order chi connectivity index (χ1) is 19.2. The van der Waals surface area contributed by atoms with Gasteiger partial charge in [-0.1, -0.05) is 153 Å². The lowest BCUT2D eigenvalue weighted by molar-refractivity contribution is 0.286. The summed E-state index contributed by atoms with van der Waals surface area (Å²) in [5.41, 5.74) is 5.28. The van der Waals surface area contributed by atoms with Crippen LogP contribution in [0.25, 0.3) is 0 Å². The van der Waals surface area contributed by atoms with Crippen LogP contribution in [-0.4, -0.2) is 13.2 Å². The molecule has 2 aromatic rings. The van der Waals surface area contributed by atoms with Gasteiger partial charge in [0.25, 0.3) is 0 Å². The van der Waals surface area contributed by atoms with Gasteiger partial charge >= 0.3 is 0 Å². The molecule has 0 saturated heterocycles. The lowest BCUT2D eigenvalue weighted by atomic mass is 9.79. The number of hydrogen-bond acceptors (Lipinski definition) is 2. The maximum absolute atomic E-state index is 6.51. The van der Waals surface area contributed by atoms with E-state index < -0.39 is 0 Å². The van der Waals surface area contributed by atoms with Gasteiger partial charge in [-0.3, -0.25) is 0 Å². The molecule has 0 aliphatic rings. The second-order valence-electron chi connectivity index (χ2n) is 16.2. The molecule has 0 amide bonds. The minimum absolute atomic E-state index is 0.0339. The molecule has 0 N–H and O–H groups in total. The molecule has 0 unspecified atom stereocenters. The quantitative estimate of drug-likeness (QED) is 0.193. The van der Waals surface area contributed by atoms with Crippen LogP contribution in [-0.2, 0) is 21.7 Å². The molecule has 0 aliphatic heterocycles. The van der Waals surface area contributed by atoms with E-state index in [2.05, 4.69) is 139 Å². The average molecular weight is 709 g/mol. The molecule has 2 aromatic carbocycles. The molecule has 0 bridgehead atoms. The highest BCUT2D eigenvalue weighted by Gasteiger charge is 2.29. The van der Waals surface area contributed by atoms with Crippen LogP contribution in [0.4, 0.5) is 0 Å². The second kappa shape index (κ2) is 15.3. The van der Waals surface area contributed by atoms with Gasteiger partial charge in [-0.2, -0.15) is 0 Å². The number of benzene rings is 2. The molecule has 0 radical (unpaired) electrons. The molecule has 0 heterocycles. The van der Waals surface area contributed by atoms with Gasteiger partial charge in [-0.15, -0.1) is 0 Å². The molecular weight excluding hydrogens is 648 g/mol. The fourth-order valence-corrected chi connectivity index (χ4v) is 6.26. The van der Waals surface area contributed by atoms with Gasteiger partial charge in [0.2, 0.25) is 0 Å². The fourth-order valence-electron chi connectivity index (χ4n) is 5.34. The maximum Gasteiger partial charge on any atom is 0.126 e. The first-order valence-electron chi connectivity index (χ1n) is 16.2. The smallest absolute Gasteiger partial charge is 0.126 e. The zero-order chi connectivity index (χ0) is 31.9. The van der Waals surface area contributed by atoms with Gasteiger partial charge in [0.15, 0.2) is 0 Å². The van der Waals surface area contributed by atoms with Crippen molar-refractivity contribution in [1.82, 2.24) is 0 Å².